The smallest absolute Gasteiger partial charge is 0.237 e. The number of rotatable bonds is 4. The summed E-state index contributed by atoms with van der Waals surface area (Å²) in [5, 5.41) is 1.88. The summed E-state index contributed by atoms with van der Waals surface area (Å²) in [6.07, 6.45) is 3.49. The lowest BCUT2D eigenvalue weighted by Crippen LogP contribution is -3.00. The molecule has 0 unspecified atom stereocenters. The molecule has 0 atom stereocenters. The van der Waals surface area contributed by atoms with Crippen LogP contribution in [0.3, 0.4) is 0 Å². The van der Waals surface area contributed by atoms with Gasteiger partial charge in [-0.25, -0.2) is 0 Å². The van der Waals surface area contributed by atoms with E-state index >= 15 is 0 Å². The van der Waals surface area contributed by atoms with E-state index in [2.05, 4.69) is 0 Å². The second-order valence-electron chi connectivity index (χ2n) is 3.72. The number of carbonyl (C=O) groups excluding carboxylic acids is 2. The number of aromatic nitrogens is 1. The largest absolute Gasteiger partial charge is 1.00 e. The lowest BCUT2D eigenvalue weighted by molar-refractivity contribution is -0.683. The zero-order valence-corrected chi connectivity index (χ0v) is 12.2. The van der Waals surface area contributed by atoms with Crippen LogP contribution in [0.4, 0.5) is 0 Å². The van der Waals surface area contributed by atoms with Gasteiger partial charge in [0.15, 0.2) is 18.2 Å². The first-order valence-electron chi connectivity index (χ1n) is 5.23. The summed E-state index contributed by atoms with van der Waals surface area (Å²) in [5.74, 6) is 0.0635. The third kappa shape index (κ3) is 3.58. The van der Waals surface area contributed by atoms with Crippen molar-refractivity contribution in [1.82, 2.24) is 0 Å². The molecule has 0 saturated carbocycles. The predicted molar refractivity (Wildman–Crippen MR) is 65.3 cm³/mol. The summed E-state index contributed by atoms with van der Waals surface area (Å²) in [6, 6.07) is 7.18. The number of Topliss-reactive ketones (excluding diaryl/α,β-unsaturated/α-hetero) is 2. The Morgan fingerprint density at radius 3 is 2.67 bits per heavy atom. The predicted octanol–water partition coefficient (Wildman–Crippen LogP) is -0.875. The highest BCUT2D eigenvalue weighted by Gasteiger charge is 2.14. The van der Waals surface area contributed by atoms with E-state index in [-0.39, 0.29) is 35.1 Å². The average molecular weight is 326 g/mol. The van der Waals surface area contributed by atoms with Crippen molar-refractivity contribution in [1.29, 1.82) is 0 Å². The molecule has 18 heavy (non-hydrogen) atoms. The molecule has 2 aromatic rings. The van der Waals surface area contributed by atoms with Crippen molar-refractivity contribution in [2.75, 3.05) is 0 Å². The SMILES string of the molecule is CC(=O)c1ccc[n+](CC(=O)c2cccs2)c1.[Br-]. The highest BCUT2D eigenvalue weighted by atomic mass is 79.9. The molecule has 0 amide bonds. The lowest BCUT2D eigenvalue weighted by Gasteiger charge is -1.97. The maximum Gasteiger partial charge on any atom is 0.237 e. The highest BCUT2D eigenvalue weighted by Crippen LogP contribution is 2.09. The van der Waals surface area contributed by atoms with Gasteiger partial charge in [-0.3, -0.25) is 9.59 Å². The first-order valence-corrected chi connectivity index (χ1v) is 6.11. The molecule has 0 aliphatic rings. The second-order valence-corrected chi connectivity index (χ2v) is 4.67. The normalized spacial score (nSPS) is 9.61. The van der Waals surface area contributed by atoms with Gasteiger partial charge in [0.05, 0.1) is 10.4 Å². The van der Waals surface area contributed by atoms with Crippen LogP contribution in [0.1, 0.15) is 27.0 Å². The third-order valence-corrected chi connectivity index (χ3v) is 3.30. The maximum absolute atomic E-state index is 11.9. The van der Waals surface area contributed by atoms with Gasteiger partial charge in [-0.2, -0.15) is 4.57 Å². The van der Waals surface area contributed by atoms with Gasteiger partial charge in [-0.1, -0.05) is 6.07 Å². The fraction of sp³-hybridized carbons (Fsp3) is 0.154. The van der Waals surface area contributed by atoms with E-state index in [0.29, 0.717) is 5.56 Å². The van der Waals surface area contributed by atoms with Gasteiger partial charge in [0, 0.05) is 6.07 Å². The monoisotopic (exact) mass is 325 g/mol. The first-order chi connectivity index (χ1) is 8.16. The van der Waals surface area contributed by atoms with E-state index in [1.165, 1.54) is 18.3 Å². The van der Waals surface area contributed by atoms with E-state index in [0.717, 1.165) is 4.88 Å². The average Bonchev–Trinajstić information content (AvgIpc) is 2.82. The van der Waals surface area contributed by atoms with Gasteiger partial charge in [0.1, 0.15) is 0 Å². The fourth-order valence-electron chi connectivity index (χ4n) is 1.51. The number of halogens is 1. The number of hydrogen-bond acceptors (Lipinski definition) is 3. The van der Waals surface area contributed by atoms with Crippen molar-refractivity contribution in [2.24, 2.45) is 0 Å². The van der Waals surface area contributed by atoms with Gasteiger partial charge < -0.3 is 17.0 Å². The van der Waals surface area contributed by atoms with Crippen molar-refractivity contribution >= 4 is 22.9 Å². The molecule has 2 heterocycles. The van der Waals surface area contributed by atoms with E-state index in [9.17, 15) is 9.59 Å². The Morgan fingerprint density at radius 1 is 1.28 bits per heavy atom. The summed E-state index contributed by atoms with van der Waals surface area (Å²) in [5.41, 5.74) is 0.617. The molecule has 5 heteroatoms. The molecule has 0 N–H and O–H groups in total. The Hall–Kier alpha value is -1.33. The van der Waals surface area contributed by atoms with E-state index < -0.39 is 0 Å². The third-order valence-electron chi connectivity index (χ3n) is 2.39. The summed E-state index contributed by atoms with van der Waals surface area (Å²) >= 11 is 1.43. The summed E-state index contributed by atoms with van der Waals surface area (Å²) in [7, 11) is 0. The van der Waals surface area contributed by atoms with Crippen LogP contribution >= 0.6 is 11.3 Å². The molecular formula is C13H12BrNO2S. The number of ketones is 2. The molecular weight excluding hydrogens is 314 g/mol. The Kier molecular flexibility index (Phi) is 5.37. The standard InChI is InChI=1S/C13H12NO2S.BrH/c1-10(15)11-4-2-6-14(8-11)9-12(16)13-5-3-7-17-13;/h2-8H,9H2,1H3;1H/q+1;/p-1. The molecule has 0 spiro atoms. The topological polar surface area (TPSA) is 38.0 Å². The maximum atomic E-state index is 11.9. The molecule has 0 aliphatic heterocycles. The quantitative estimate of drug-likeness (QED) is 0.541. The molecule has 0 bridgehead atoms. The van der Waals surface area contributed by atoms with Gasteiger partial charge >= 0.3 is 0 Å². The zero-order chi connectivity index (χ0) is 12.3. The highest BCUT2D eigenvalue weighted by molar-refractivity contribution is 7.12. The van der Waals surface area contributed by atoms with Gasteiger partial charge in [0.2, 0.25) is 12.3 Å². The number of nitrogens with zero attached hydrogens (tertiary/aromatic N) is 1. The molecule has 0 aliphatic carbocycles. The van der Waals surface area contributed by atoms with Crippen LogP contribution in [0.5, 0.6) is 0 Å². The Morgan fingerprint density at radius 2 is 2.06 bits per heavy atom. The molecule has 3 nitrogen and oxygen atoms in total. The van der Waals surface area contributed by atoms with Crippen LogP contribution in [-0.2, 0) is 6.54 Å². The molecule has 0 aromatic carbocycles. The minimum Gasteiger partial charge on any atom is -1.00 e. The van der Waals surface area contributed by atoms with Crippen LogP contribution < -0.4 is 21.5 Å². The van der Waals surface area contributed by atoms with E-state index in [4.69, 9.17) is 0 Å². The van der Waals surface area contributed by atoms with Crippen LogP contribution in [0.15, 0.2) is 42.0 Å². The molecule has 2 aromatic heterocycles. The first kappa shape index (κ1) is 14.7. The van der Waals surface area contributed by atoms with Crippen LogP contribution in [-0.4, -0.2) is 11.6 Å². The van der Waals surface area contributed by atoms with Crippen LogP contribution in [0.25, 0.3) is 0 Å². The van der Waals surface area contributed by atoms with Crippen molar-refractivity contribution in [2.45, 2.75) is 13.5 Å². The Bertz CT molecular complexity index is 552. The van der Waals surface area contributed by atoms with Crippen molar-refractivity contribution in [3.8, 4) is 0 Å². The van der Waals surface area contributed by atoms with Crippen molar-refractivity contribution in [3.63, 3.8) is 0 Å². The van der Waals surface area contributed by atoms with E-state index in [1.807, 2.05) is 17.5 Å². The molecule has 0 radical (unpaired) electrons. The van der Waals surface area contributed by atoms with Crippen molar-refractivity contribution in [3.05, 3.63) is 52.5 Å². The minimum absolute atomic E-state index is 0. The fourth-order valence-corrected chi connectivity index (χ4v) is 2.17. The van der Waals surface area contributed by atoms with Crippen molar-refractivity contribution < 1.29 is 31.1 Å². The summed E-state index contributed by atoms with van der Waals surface area (Å²) < 4.78 is 1.73. The van der Waals surface area contributed by atoms with Gasteiger partial charge in [0.25, 0.3) is 0 Å². The van der Waals surface area contributed by atoms with Crippen LogP contribution in [0, 0.1) is 0 Å². The zero-order valence-electron chi connectivity index (χ0n) is 9.80. The lowest BCUT2D eigenvalue weighted by atomic mass is 10.2. The Balaban J connectivity index is 0.00000162. The summed E-state index contributed by atoms with van der Waals surface area (Å²) in [4.78, 5) is 23.8. The number of pyridine rings is 1. The Labute approximate surface area is 120 Å². The van der Waals surface area contributed by atoms with E-state index in [1.54, 1.807) is 29.1 Å². The summed E-state index contributed by atoms with van der Waals surface area (Å²) in [6.45, 7) is 1.78. The molecule has 0 fully saturated rings. The molecule has 94 valence electrons. The number of carbonyl (C=O) groups is 2. The number of thiophene rings is 1. The van der Waals surface area contributed by atoms with Gasteiger partial charge in [-0.15, -0.1) is 11.3 Å². The number of hydrogen-bond donors (Lipinski definition) is 0. The molecule has 0 saturated heterocycles. The minimum atomic E-state index is 0. The second kappa shape index (κ2) is 6.56. The molecule has 2 rings (SSSR count). The van der Waals surface area contributed by atoms with Gasteiger partial charge in [-0.05, 0) is 24.4 Å². The van der Waals surface area contributed by atoms with Crippen LogP contribution in [0.2, 0.25) is 0 Å².